The van der Waals surface area contributed by atoms with Crippen molar-refractivity contribution in [3.8, 4) is 0 Å². The van der Waals surface area contributed by atoms with E-state index in [0.29, 0.717) is 6.54 Å². The summed E-state index contributed by atoms with van der Waals surface area (Å²) >= 11 is 0. The molecule has 1 N–H and O–H groups in total. The van der Waals surface area contributed by atoms with Crippen molar-refractivity contribution in [2.24, 2.45) is 5.41 Å². The van der Waals surface area contributed by atoms with E-state index in [1.165, 1.54) is 5.56 Å². The Balaban J connectivity index is 2.12. The summed E-state index contributed by atoms with van der Waals surface area (Å²) in [7, 11) is 0. The zero-order valence-corrected chi connectivity index (χ0v) is 11.0. The van der Waals surface area contributed by atoms with Crippen LogP contribution in [0.1, 0.15) is 38.3 Å². The van der Waals surface area contributed by atoms with Gasteiger partial charge in [-0.3, -0.25) is 14.7 Å². The first-order chi connectivity index (χ1) is 8.53. The van der Waals surface area contributed by atoms with Gasteiger partial charge in [0.25, 0.3) is 0 Å². The highest BCUT2D eigenvalue weighted by Gasteiger charge is 2.39. The molecule has 0 saturated carbocycles. The quantitative estimate of drug-likeness (QED) is 0.892. The Hall–Kier alpha value is -1.42. The molecular weight excluding hydrogens is 228 g/mol. The lowest BCUT2D eigenvalue weighted by molar-refractivity contribution is -0.151. The van der Waals surface area contributed by atoms with E-state index in [4.69, 9.17) is 0 Å². The lowest BCUT2D eigenvalue weighted by Gasteiger charge is -2.40. The number of aromatic nitrogens is 1. The van der Waals surface area contributed by atoms with Gasteiger partial charge in [0.15, 0.2) is 0 Å². The van der Waals surface area contributed by atoms with Crippen LogP contribution in [0.5, 0.6) is 0 Å². The number of carboxylic acids is 1. The third-order valence-electron chi connectivity index (χ3n) is 3.98. The molecular formula is C14H20N2O2. The Kier molecular flexibility index (Phi) is 3.66. The van der Waals surface area contributed by atoms with E-state index in [9.17, 15) is 9.90 Å². The molecule has 2 heterocycles. The summed E-state index contributed by atoms with van der Waals surface area (Å²) in [6.07, 6.45) is 5.28. The summed E-state index contributed by atoms with van der Waals surface area (Å²) in [4.78, 5) is 17.6. The van der Waals surface area contributed by atoms with Gasteiger partial charge in [-0.25, -0.2) is 0 Å². The summed E-state index contributed by atoms with van der Waals surface area (Å²) in [5, 5.41) is 9.33. The van der Waals surface area contributed by atoms with Crippen LogP contribution >= 0.6 is 0 Å². The first-order valence-corrected chi connectivity index (χ1v) is 6.40. The maximum atomic E-state index is 11.3. The van der Waals surface area contributed by atoms with Crippen LogP contribution < -0.4 is 0 Å². The third-order valence-corrected chi connectivity index (χ3v) is 3.98. The van der Waals surface area contributed by atoms with Crippen LogP contribution in [0.25, 0.3) is 0 Å². The first kappa shape index (κ1) is 13.0. The molecule has 0 bridgehead atoms. The molecule has 2 unspecified atom stereocenters. The van der Waals surface area contributed by atoms with Crippen LogP contribution in [0.15, 0.2) is 24.5 Å². The molecule has 4 heteroatoms. The standard InChI is InChI=1S/C14H20N2O2/c1-11(12-4-7-15-8-5-12)16-9-3-6-14(2,10-16)13(17)18/h4-5,7-8,11H,3,6,9-10H2,1-2H3,(H,17,18). The maximum absolute atomic E-state index is 11.3. The average Bonchev–Trinajstić information content (AvgIpc) is 2.39. The predicted molar refractivity (Wildman–Crippen MR) is 69.2 cm³/mol. The number of aliphatic carboxylic acids is 1. The molecule has 1 aliphatic rings. The summed E-state index contributed by atoms with van der Waals surface area (Å²) in [5.41, 5.74) is 0.583. The SMILES string of the molecule is CC(c1ccncc1)N1CCCC(C)(C(=O)O)C1. The monoisotopic (exact) mass is 248 g/mol. The number of piperidine rings is 1. The molecule has 4 nitrogen and oxygen atoms in total. The van der Waals surface area contributed by atoms with Gasteiger partial charge in [0.2, 0.25) is 0 Å². The van der Waals surface area contributed by atoms with Crippen LogP contribution in [0, 0.1) is 5.41 Å². The molecule has 2 atom stereocenters. The van der Waals surface area contributed by atoms with Crippen molar-refractivity contribution in [2.75, 3.05) is 13.1 Å². The first-order valence-electron chi connectivity index (χ1n) is 6.40. The van der Waals surface area contributed by atoms with E-state index in [1.54, 1.807) is 12.4 Å². The summed E-state index contributed by atoms with van der Waals surface area (Å²) in [6, 6.07) is 4.24. The van der Waals surface area contributed by atoms with E-state index in [2.05, 4.69) is 16.8 Å². The van der Waals surface area contributed by atoms with E-state index >= 15 is 0 Å². The fourth-order valence-corrected chi connectivity index (χ4v) is 2.64. The minimum atomic E-state index is -0.686. The van der Waals surface area contributed by atoms with Gasteiger partial charge in [0.05, 0.1) is 5.41 Å². The van der Waals surface area contributed by atoms with Crippen molar-refractivity contribution in [1.29, 1.82) is 0 Å². The molecule has 0 amide bonds. The molecule has 0 aromatic carbocycles. The lowest BCUT2D eigenvalue weighted by Crippen LogP contribution is -2.46. The van der Waals surface area contributed by atoms with Gasteiger partial charge >= 0.3 is 5.97 Å². The van der Waals surface area contributed by atoms with Gasteiger partial charge in [-0.2, -0.15) is 0 Å². The number of carbonyl (C=O) groups is 1. The van der Waals surface area contributed by atoms with Crippen molar-refractivity contribution in [1.82, 2.24) is 9.88 Å². The van der Waals surface area contributed by atoms with Gasteiger partial charge in [0.1, 0.15) is 0 Å². The molecule has 1 aromatic rings. The van der Waals surface area contributed by atoms with Gasteiger partial charge in [-0.05, 0) is 50.9 Å². The molecule has 0 radical (unpaired) electrons. The molecule has 18 heavy (non-hydrogen) atoms. The summed E-state index contributed by atoms with van der Waals surface area (Å²) in [6.45, 7) is 5.56. The molecule has 0 aliphatic carbocycles. The van der Waals surface area contributed by atoms with Gasteiger partial charge in [0, 0.05) is 25.0 Å². The van der Waals surface area contributed by atoms with E-state index in [0.717, 1.165) is 19.4 Å². The predicted octanol–water partition coefficient (Wildman–Crippen LogP) is 2.33. The Morgan fingerprint density at radius 3 is 2.78 bits per heavy atom. The normalized spacial score (nSPS) is 26.8. The number of likely N-dealkylation sites (tertiary alicyclic amines) is 1. The number of rotatable bonds is 3. The fraction of sp³-hybridized carbons (Fsp3) is 0.571. The molecule has 1 saturated heterocycles. The number of nitrogens with zero attached hydrogens (tertiary/aromatic N) is 2. The topological polar surface area (TPSA) is 53.4 Å². The second-order valence-electron chi connectivity index (χ2n) is 5.40. The molecule has 1 aromatic heterocycles. The van der Waals surface area contributed by atoms with Gasteiger partial charge in [-0.1, -0.05) is 0 Å². The minimum absolute atomic E-state index is 0.243. The second kappa shape index (κ2) is 5.06. The van der Waals surface area contributed by atoms with Crippen LogP contribution in [-0.4, -0.2) is 34.0 Å². The van der Waals surface area contributed by atoms with E-state index in [-0.39, 0.29) is 6.04 Å². The number of pyridine rings is 1. The highest BCUT2D eigenvalue weighted by atomic mass is 16.4. The van der Waals surface area contributed by atoms with E-state index < -0.39 is 11.4 Å². The smallest absolute Gasteiger partial charge is 0.310 e. The Morgan fingerprint density at radius 1 is 1.50 bits per heavy atom. The molecule has 1 fully saturated rings. The Bertz CT molecular complexity index is 421. The number of carboxylic acid groups (broad SMARTS) is 1. The third kappa shape index (κ3) is 2.53. The van der Waals surface area contributed by atoms with Crippen LogP contribution in [0.4, 0.5) is 0 Å². The number of hydrogen-bond donors (Lipinski definition) is 1. The Morgan fingerprint density at radius 2 is 2.17 bits per heavy atom. The Labute approximate surface area is 108 Å². The van der Waals surface area contributed by atoms with Crippen LogP contribution in [0.3, 0.4) is 0 Å². The van der Waals surface area contributed by atoms with Crippen molar-refractivity contribution >= 4 is 5.97 Å². The van der Waals surface area contributed by atoms with E-state index in [1.807, 2.05) is 19.1 Å². The number of hydrogen-bond acceptors (Lipinski definition) is 3. The zero-order valence-electron chi connectivity index (χ0n) is 11.0. The molecule has 1 aliphatic heterocycles. The average molecular weight is 248 g/mol. The zero-order chi connectivity index (χ0) is 13.2. The maximum Gasteiger partial charge on any atom is 0.310 e. The summed E-state index contributed by atoms with van der Waals surface area (Å²) in [5.74, 6) is -0.686. The van der Waals surface area contributed by atoms with Crippen molar-refractivity contribution in [2.45, 2.75) is 32.7 Å². The van der Waals surface area contributed by atoms with Crippen LogP contribution in [-0.2, 0) is 4.79 Å². The molecule has 0 spiro atoms. The van der Waals surface area contributed by atoms with Crippen molar-refractivity contribution in [3.05, 3.63) is 30.1 Å². The van der Waals surface area contributed by atoms with Gasteiger partial charge < -0.3 is 5.11 Å². The van der Waals surface area contributed by atoms with Crippen molar-refractivity contribution < 1.29 is 9.90 Å². The highest BCUT2D eigenvalue weighted by molar-refractivity contribution is 5.74. The van der Waals surface area contributed by atoms with Gasteiger partial charge in [-0.15, -0.1) is 0 Å². The molecule has 2 rings (SSSR count). The summed E-state index contributed by atoms with van der Waals surface area (Å²) < 4.78 is 0. The highest BCUT2D eigenvalue weighted by Crippen LogP contribution is 2.34. The lowest BCUT2D eigenvalue weighted by atomic mass is 9.81. The fourth-order valence-electron chi connectivity index (χ4n) is 2.64. The van der Waals surface area contributed by atoms with Crippen molar-refractivity contribution in [3.63, 3.8) is 0 Å². The largest absolute Gasteiger partial charge is 0.481 e. The molecule has 98 valence electrons. The second-order valence-corrected chi connectivity index (χ2v) is 5.40. The minimum Gasteiger partial charge on any atom is -0.481 e. The van der Waals surface area contributed by atoms with Crippen LogP contribution in [0.2, 0.25) is 0 Å².